The number of hydrogen-bond donors (Lipinski definition) is 2. The molecule has 1 aliphatic heterocycles. The fourth-order valence-electron chi connectivity index (χ4n) is 1.86. The zero-order chi connectivity index (χ0) is 14.8. The maximum absolute atomic E-state index is 13.0. The number of oxime groups is 1. The van der Waals surface area contributed by atoms with Crippen LogP contribution in [0.25, 0.3) is 0 Å². The van der Waals surface area contributed by atoms with Gasteiger partial charge in [-0.3, -0.25) is 0 Å². The van der Waals surface area contributed by atoms with Gasteiger partial charge in [-0.25, -0.2) is 0 Å². The Kier molecular flexibility index (Phi) is 4.03. The zero-order valence-electron chi connectivity index (χ0n) is 10.4. The Morgan fingerprint density at radius 3 is 2.75 bits per heavy atom. The van der Waals surface area contributed by atoms with Crippen LogP contribution in [0.1, 0.15) is 17.5 Å². The largest absolute Gasteiger partial charge is 0.487 e. The van der Waals surface area contributed by atoms with E-state index in [9.17, 15) is 13.2 Å². The molecule has 0 bridgehead atoms. The lowest BCUT2D eigenvalue weighted by molar-refractivity contribution is -0.139. The molecule has 110 valence electrons. The molecule has 0 radical (unpaired) electrons. The first-order chi connectivity index (χ1) is 9.41. The van der Waals surface area contributed by atoms with Crippen LogP contribution >= 0.6 is 0 Å². The second kappa shape index (κ2) is 5.58. The Hall–Kier alpha value is -1.96. The lowest BCUT2D eigenvalue weighted by atomic mass is 10.1. The van der Waals surface area contributed by atoms with Gasteiger partial charge in [-0.15, -0.1) is 0 Å². The fourth-order valence-corrected chi connectivity index (χ4v) is 1.86. The van der Waals surface area contributed by atoms with E-state index in [1.54, 1.807) is 0 Å². The summed E-state index contributed by atoms with van der Waals surface area (Å²) < 4.78 is 49.4. The van der Waals surface area contributed by atoms with Crippen molar-refractivity contribution in [3.8, 4) is 5.75 Å². The normalized spacial score (nSPS) is 20.1. The number of amidine groups is 1. The predicted octanol–water partition coefficient (Wildman–Crippen LogP) is 1.97. The standard InChI is InChI=1S/C12H13F3N2O3/c13-12(14,15)9-5-7(11(16)17-18)1-2-10(9)20-8-3-4-19-6-8/h1-2,5,8,18H,3-4,6H2,(H2,16,17). The molecule has 0 spiro atoms. The Bertz CT molecular complexity index is 511. The van der Waals surface area contributed by atoms with Crippen molar-refractivity contribution in [2.75, 3.05) is 13.2 Å². The van der Waals surface area contributed by atoms with E-state index in [-0.39, 0.29) is 17.9 Å². The Balaban J connectivity index is 2.35. The highest BCUT2D eigenvalue weighted by Gasteiger charge is 2.36. The fraction of sp³-hybridized carbons (Fsp3) is 0.417. The van der Waals surface area contributed by atoms with Crippen LogP contribution in [0.15, 0.2) is 23.4 Å². The molecule has 1 aromatic carbocycles. The molecule has 3 N–H and O–H groups in total. The minimum absolute atomic E-state index is 0.0325. The van der Waals surface area contributed by atoms with Crippen molar-refractivity contribution < 1.29 is 27.9 Å². The molecular weight excluding hydrogens is 277 g/mol. The van der Waals surface area contributed by atoms with E-state index in [2.05, 4.69) is 5.16 Å². The third kappa shape index (κ3) is 3.13. The molecular formula is C12H13F3N2O3. The van der Waals surface area contributed by atoms with Crippen molar-refractivity contribution in [3.63, 3.8) is 0 Å². The van der Waals surface area contributed by atoms with Crippen LogP contribution in [-0.2, 0) is 10.9 Å². The van der Waals surface area contributed by atoms with Gasteiger partial charge in [0.2, 0.25) is 0 Å². The van der Waals surface area contributed by atoms with Crippen molar-refractivity contribution in [2.45, 2.75) is 18.7 Å². The lowest BCUT2D eigenvalue weighted by Crippen LogP contribution is -2.20. The monoisotopic (exact) mass is 290 g/mol. The third-order valence-corrected chi connectivity index (χ3v) is 2.87. The minimum Gasteiger partial charge on any atom is -0.487 e. The second-order valence-corrected chi connectivity index (χ2v) is 4.30. The Labute approximate surface area is 112 Å². The molecule has 20 heavy (non-hydrogen) atoms. The third-order valence-electron chi connectivity index (χ3n) is 2.87. The van der Waals surface area contributed by atoms with Crippen molar-refractivity contribution in [1.82, 2.24) is 0 Å². The molecule has 5 nitrogen and oxygen atoms in total. The van der Waals surface area contributed by atoms with Crippen molar-refractivity contribution in [2.24, 2.45) is 10.9 Å². The van der Waals surface area contributed by atoms with Crippen molar-refractivity contribution in [1.29, 1.82) is 0 Å². The van der Waals surface area contributed by atoms with Gasteiger partial charge in [0.25, 0.3) is 0 Å². The van der Waals surface area contributed by atoms with Gasteiger partial charge >= 0.3 is 6.18 Å². The summed E-state index contributed by atoms with van der Waals surface area (Å²) in [6.07, 6.45) is -4.45. The molecule has 1 heterocycles. The van der Waals surface area contributed by atoms with Gasteiger partial charge in [0.1, 0.15) is 11.9 Å². The first-order valence-electron chi connectivity index (χ1n) is 5.85. The second-order valence-electron chi connectivity index (χ2n) is 4.30. The maximum atomic E-state index is 13.0. The van der Waals surface area contributed by atoms with E-state index in [1.807, 2.05) is 0 Å². The molecule has 1 unspecified atom stereocenters. The molecule has 1 aliphatic rings. The summed E-state index contributed by atoms with van der Waals surface area (Å²) in [5, 5.41) is 11.2. The molecule has 1 saturated heterocycles. The SMILES string of the molecule is N/C(=N\O)c1ccc(OC2CCOC2)c(C(F)(F)F)c1. The molecule has 1 fully saturated rings. The molecule has 0 amide bonds. The molecule has 2 rings (SSSR count). The van der Waals surface area contributed by atoms with Crippen molar-refractivity contribution in [3.05, 3.63) is 29.3 Å². The first kappa shape index (κ1) is 14.4. The van der Waals surface area contributed by atoms with E-state index in [4.69, 9.17) is 20.4 Å². The maximum Gasteiger partial charge on any atom is 0.419 e. The molecule has 0 aliphatic carbocycles. The smallest absolute Gasteiger partial charge is 0.419 e. The van der Waals surface area contributed by atoms with Gasteiger partial charge in [-0.2, -0.15) is 13.2 Å². The molecule has 1 atom stereocenters. The highest BCUT2D eigenvalue weighted by molar-refractivity contribution is 5.97. The average molecular weight is 290 g/mol. The Morgan fingerprint density at radius 1 is 1.45 bits per heavy atom. The quantitative estimate of drug-likeness (QED) is 0.386. The van der Waals surface area contributed by atoms with Gasteiger partial charge in [0.15, 0.2) is 5.84 Å². The van der Waals surface area contributed by atoms with Crippen LogP contribution in [0.3, 0.4) is 0 Å². The number of halogens is 3. The summed E-state index contributed by atoms with van der Waals surface area (Å²) in [4.78, 5) is 0. The topological polar surface area (TPSA) is 77.1 Å². The number of nitrogens with two attached hydrogens (primary N) is 1. The summed E-state index contributed by atoms with van der Waals surface area (Å²) in [7, 11) is 0. The highest BCUT2D eigenvalue weighted by atomic mass is 19.4. The summed E-state index contributed by atoms with van der Waals surface area (Å²) in [6.45, 7) is 0.730. The van der Waals surface area contributed by atoms with E-state index >= 15 is 0 Å². The summed E-state index contributed by atoms with van der Waals surface area (Å²) in [6, 6.07) is 3.25. The molecule has 1 aromatic rings. The molecule has 8 heteroatoms. The highest BCUT2D eigenvalue weighted by Crippen LogP contribution is 2.37. The predicted molar refractivity (Wildman–Crippen MR) is 63.8 cm³/mol. The number of benzene rings is 1. The lowest BCUT2D eigenvalue weighted by Gasteiger charge is -2.18. The van der Waals surface area contributed by atoms with E-state index in [1.165, 1.54) is 6.07 Å². The molecule has 0 aromatic heterocycles. The van der Waals surface area contributed by atoms with Gasteiger partial charge in [0.05, 0.1) is 18.8 Å². The van der Waals surface area contributed by atoms with Gasteiger partial charge in [-0.1, -0.05) is 5.16 Å². The van der Waals surface area contributed by atoms with Crippen LogP contribution in [-0.4, -0.2) is 30.4 Å². The Morgan fingerprint density at radius 2 is 2.20 bits per heavy atom. The number of alkyl halides is 3. The van der Waals surface area contributed by atoms with Crippen LogP contribution in [0.5, 0.6) is 5.75 Å². The number of ether oxygens (including phenoxy) is 2. The zero-order valence-corrected chi connectivity index (χ0v) is 10.4. The van der Waals surface area contributed by atoms with E-state index in [0.29, 0.717) is 13.0 Å². The van der Waals surface area contributed by atoms with Crippen LogP contribution in [0.2, 0.25) is 0 Å². The number of nitrogens with zero attached hydrogens (tertiary/aromatic N) is 1. The van der Waals surface area contributed by atoms with Crippen LogP contribution in [0, 0.1) is 0 Å². The van der Waals surface area contributed by atoms with E-state index in [0.717, 1.165) is 12.1 Å². The van der Waals surface area contributed by atoms with Crippen molar-refractivity contribution >= 4 is 5.84 Å². The van der Waals surface area contributed by atoms with Gasteiger partial charge in [0, 0.05) is 12.0 Å². The summed E-state index contributed by atoms with van der Waals surface area (Å²) in [5.41, 5.74) is 4.30. The van der Waals surface area contributed by atoms with Gasteiger partial charge in [-0.05, 0) is 18.2 Å². The summed E-state index contributed by atoms with van der Waals surface area (Å²) in [5.74, 6) is -0.686. The first-order valence-corrected chi connectivity index (χ1v) is 5.85. The van der Waals surface area contributed by atoms with E-state index < -0.39 is 23.7 Å². The van der Waals surface area contributed by atoms with Crippen LogP contribution < -0.4 is 10.5 Å². The molecule has 0 saturated carbocycles. The van der Waals surface area contributed by atoms with Gasteiger partial charge < -0.3 is 20.4 Å². The number of hydrogen-bond acceptors (Lipinski definition) is 4. The minimum atomic E-state index is -4.60. The summed E-state index contributed by atoms with van der Waals surface area (Å²) >= 11 is 0. The van der Waals surface area contributed by atoms with Crippen LogP contribution in [0.4, 0.5) is 13.2 Å². The number of rotatable bonds is 3. The average Bonchev–Trinajstić information content (AvgIpc) is 2.90.